The van der Waals surface area contributed by atoms with E-state index in [-0.39, 0.29) is 38.3 Å². The number of carbonyl (C=O) groups is 1. The van der Waals surface area contributed by atoms with Gasteiger partial charge in [0.1, 0.15) is 0 Å². The van der Waals surface area contributed by atoms with E-state index in [1.807, 2.05) is 6.92 Å². The molecule has 1 fully saturated rings. The first-order chi connectivity index (χ1) is 10.8. The summed E-state index contributed by atoms with van der Waals surface area (Å²) in [4.78, 5) is 15.0. The average molecular weight is 334 g/mol. The lowest BCUT2D eigenvalue weighted by atomic mass is 10.2. The van der Waals surface area contributed by atoms with Crippen molar-refractivity contribution in [1.82, 2.24) is 20.3 Å². The van der Waals surface area contributed by atoms with E-state index in [0.717, 1.165) is 12.1 Å². The first-order valence-corrected chi connectivity index (χ1v) is 7.56. The third-order valence-electron chi connectivity index (χ3n) is 3.82. The lowest BCUT2D eigenvalue weighted by Crippen LogP contribution is -2.57. The smallest absolute Gasteiger partial charge is 0.359 e. The molecule has 2 rings (SSSR count). The Balaban J connectivity index is 1.80. The number of piperazine rings is 1. The number of aryl methyl sites for hydroxylation is 1. The van der Waals surface area contributed by atoms with Crippen molar-refractivity contribution < 1.29 is 22.5 Å². The van der Waals surface area contributed by atoms with E-state index in [4.69, 9.17) is 4.52 Å². The van der Waals surface area contributed by atoms with Crippen LogP contribution in [0.25, 0.3) is 0 Å². The molecule has 9 heteroatoms. The van der Waals surface area contributed by atoms with E-state index in [1.54, 1.807) is 13.0 Å². The average Bonchev–Trinajstić information content (AvgIpc) is 2.93. The zero-order valence-electron chi connectivity index (χ0n) is 13.2. The van der Waals surface area contributed by atoms with Gasteiger partial charge in [0, 0.05) is 31.7 Å². The standard InChI is InChI=1S/C14H21F3N4O2/c1-3-11-6-12(23-19-11)7-18-13(22)20-4-5-21(10(2)8-20)9-14(15,16)17/h6,10H,3-5,7-9H2,1-2H3,(H,18,22)/t10-/m1/s1. The van der Waals surface area contributed by atoms with Crippen molar-refractivity contribution in [2.75, 3.05) is 26.2 Å². The van der Waals surface area contributed by atoms with Crippen LogP contribution in [0.2, 0.25) is 0 Å². The lowest BCUT2D eigenvalue weighted by Gasteiger charge is -2.39. The predicted octanol–water partition coefficient (Wildman–Crippen LogP) is 2.02. The first-order valence-electron chi connectivity index (χ1n) is 7.56. The van der Waals surface area contributed by atoms with Crippen molar-refractivity contribution >= 4 is 6.03 Å². The summed E-state index contributed by atoms with van der Waals surface area (Å²) in [6, 6.07) is 1.12. The number of urea groups is 1. The summed E-state index contributed by atoms with van der Waals surface area (Å²) in [6.07, 6.45) is -3.47. The van der Waals surface area contributed by atoms with E-state index in [1.165, 1.54) is 9.80 Å². The Morgan fingerprint density at radius 2 is 2.22 bits per heavy atom. The highest BCUT2D eigenvalue weighted by Gasteiger charge is 2.35. The number of alkyl halides is 3. The Hall–Kier alpha value is -1.77. The van der Waals surface area contributed by atoms with Crippen molar-refractivity contribution in [2.24, 2.45) is 0 Å². The largest absolute Gasteiger partial charge is 0.401 e. The zero-order chi connectivity index (χ0) is 17.0. The monoisotopic (exact) mass is 334 g/mol. The summed E-state index contributed by atoms with van der Waals surface area (Å²) in [5.41, 5.74) is 0.809. The molecule has 130 valence electrons. The molecule has 1 aliphatic heterocycles. The minimum Gasteiger partial charge on any atom is -0.359 e. The van der Waals surface area contributed by atoms with Gasteiger partial charge in [0.05, 0.1) is 18.8 Å². The third-order valence-corrected chi connectivity index (χ3v) is 3.82. The van der Waals surface area contributed by atoms with Crippen molar-refractivity contribution in [2.45, 2.75) is 39.0 Å². The Morgan fingerprint density at radius 3 is 2.78 bits per heavy atom. The summed E-state index contributed by atoms with van der Waals surface area (Å²) >= 11 is 0. The second-order valence-corrected chi connectivity index (χ2v) is 5.68. The molecular weight excluding hydrogens is 313 g/mol. The molecular formula is C14H21F3N4O2. The molecule has 0 saturated carbocycles. The molecule has 23 heavy (non-hydrogen) atoms. The maximum Gasteiger partial charge on any atom is 0.401 e. The van der Waals surface area contributed by atoms with Crippen LogP contribution >= 0.6 is 0 Å². The highest BCUT2D eigenvalue weighted by molar-refractivity contribution is 5.74. The number of amides is 2. The van der Waals surface area contributed by atoms with E-state index >= 15 is 0 Å². The lowest BCUT2D eigenvalue weighted by molar-refractivity contribution is -0.153. The highest BCUT2D eigenvalue weighted by atomic mass is 19.4. The summed E-state index contributed by atoms with van der Waals surface area (Å²) < 4.78 is 42.4. The van der Waals surface area contributed by atoms with Gasteiger partial charge in [-0.25, -0.2) is 4.79 Å². The first kappa shape index (κ1) is 17.6. The summed E-state index contributed by atoms with van der Waals surface area (Å²) in [5, 5.41) is 6.53. The molecule has 1 atom stereocenters. The molecule has 1 aliphatic rings. The fourth-order valence-electron chi connectivity index (χ4n) is 2.53. The molecule has 2 heterocycles. The summed E-state index contributed by atoms with van der Waals surface area (Å²) in [7, 11) is 0. The van der Waals surface area contributed by atoms with Crippen molar-refractivity contribution in [3.05, 3.63) is 17.5 Å². The molecule has 1 aromatic heterocycles. The number of halogens is 3. The Morgan fingerprint density at radius 1 is 1.48 bits per heavy atom. The van der Waals surface area contributed by atoms with Crippen LogP contribution in [0.3, 0.4) is 0 Å². The number of hydrogen-bond acceptors (Lipinski definition) is 4. The van der Waals surface area contributed by atoms with Crippen LogP contribution in [-0.2, 0) is 13.0 Å². The number of aromatic nitrogens is 1. The number of nitrogens with one attached hydrogen (secondary N) is 1. The van der Waals surface area contributed by atoms with Gasteiger partial charge in [0.25, 0.3) is 0 Å². The van der Waals surface area contributed by atoms with Crippen LogP contribution in [0, 0.1) is 0 Å². The molecule has 6 nitrogen and oxygen atoms in total. The van der Waals surface area contributed by atoms with Gasteiger partial charge in [-0.15, -0.1) is 0 Å². The quantitative estimate of drug-likeness (QED) is 0.915. The SMILES string of the molecule is CCc1cc(CNC(=O)N2CCN(CC(F)(F)F)[C@H](C)C2)on1. The molecule has 0 bridgehead atoms. The van der Waals surface area contributed by atoms with Crippen molar-refractivity contribution in [1.29, 1.82) is 0 Å². The highest BCUT2D eigenvalue weighted by Crippen LogP contribution is 2.20. The second kappa shape index (κ2) is 7.20. The van der Waals surface area contributed by atoms with Gasteiger partial charge in [-0.1, -0.05) is 12.1 Å². The fraction of sp³-hybridized carbons (Fsp3) is 0.714. The fourth-order valence-corrected chi connectivity index (χ4v) is 2.53. The van der Waals surface area contributed by atoms with E-state index < -0.39 is 12.7 Å². The maximum atomic E-state index is 12.5. The minimum absolute atomic E-state index is 0.205. The van der Waals surface area contributed by atoms with Crippen LogP contribution < -0.4 is 5.32 Å². The molecule has 0 unspecified atom stereocenters. The van der Waals surface area contributed by atoms with Gasteiger partial charge in [0.15, 0.2) is 5.76 Å². The van der Waals surface area contributed by atoms with Crippen molar-refractivity contribution in [3.63, 3.8) is 0 Å². The molecule has 1 N–H and O–H groups in total. The van der Waals surface area contributed by atoms with Gasteiger partial charge in [-0.2, -0.15) is 13.2 Å². The van der Waals surface area contributed by atoms with Gasteiger partial charge in [0.2, 0.25) is 0 Å². The second-order valence-electron chi connectivity index (χ2n) is 5.68. The van der Waals surface area contributed by atoms with Crippen LogP contribution in [-0.4, -0.2) is 59.4 Å². The van der Waals surface area contributed by atoms with Crippen LogP contribution in [0.15, 0.2) is 10.6 Å². The molecule has 1 saturated heterocycles. The van der Waals surface area contributed by atoms with Crippen LogP contribution in [0.5, 0.6) is 0 Å². The topological polar surface area (TPSA) is 61.6 Å². The Kier molecular flexibility index (Phi) is 5.51. The van der Waals surface area contributed by atoms with E-state index in [2.05, 4.69) is 10.5 Å². The maximum absolute atomic E-state index is 12.5. The van der Waals surface area contributed by atoms with E-state index in [0.29, 0.717) is 5.76 Å². The summed E-state index contributed by atoms with van der Waals surface area (Å²) in [5.74, 6) is 0.555. The normalized spacial score (nSPS) is 19.9. The Bertz CT molecular complexity index is 532. The number of hydrogen-bond donors (Lipinski definition) is 1. The van der Waals surface area contributed by atoms with Crippen molar-refractivity contribution in [3.8, 4) is 0 Å². The van der Waals surface area contributed by atoms with E-state index in [9.17, 15) is 18.0 Å². The molecule has 0 radical (unpaired) electrons. The summed E-state index contributed by atoms with van der Waals surface area (Å²) in [6.45, 7) is 3.64. The van der Waals surface area contributed by atoms with Gasteiger partial charge < -0.3 is 14.7 Å². The van der Waals surface area contributed by atoms with Gasteiger partial charge in [-0.3, -0.25) is 4.90 Å². The van der Waals surface area contributed by atoms with Gasteiger partial charge in [-0.05, 0) is 13.3 Å². The predicted molar refractivity (Wildman–Crippen MR) is 76.8 cm³/mol. The molecule has 1 aromatic rings. The number of rotatable bonds is 4. The zero-order valence-corrected chi connectivity index (χ0v) is 13.2. The molecule has 0 aliphatic carbocycles. The minimum atomic E-state index is -4.22. The van der Waals surface area contributed by atoms with Crippen LogP contribution in [0.1, 0.15) is 25.3 Å². The third kappa shape index (κ3) is 5.12. The number of carbonyl (C=O) groups excluding carboxylic acids is 1. The van der Waals surface area contributed by atoms with Crippen LogP contribution in [0.4, 0.5) is 18.0 Å². The Labute approximate surface area is 132 Å². The molecule has 2 amide bonds. The van der Waals surface area contributed by atoms with Gasteiger partial charge >= 0.3 is 12.2 Å². The molecule has 0 spiro atoms. The molecule has 0 aromatic carbocycles. The number of nitrogens with zero attached hydrogens (tertiary/aromatic N) is 3.